The molecule has 2 nitrogen and oxygen atoms in total. The van der Waals surface area contributed by atoms with Crippen LogP contribution < -0.4 is 0 Å². The zero-order valence-corrected chi connectivity index (χ0v) is 20.0. The van der Waals surface area contributed by atoms with Crippen LogP contribution in [0.1, 0.15) is 20.8 Å². The summed E-state index contributed by atoms with van der Waals surface area (Å²) >= 11 is 0. The smallest absolute Gasteiger partial charge is 0.455 e. The van der Waals surface area contributed by atoms with Gasteiger partial charge in [-0.3, -0.25) is 0 Å². The van der Waals surface area contributed by atoms with Crippen molar-refractivity contribution in [2.24, 2.45) is 0 Å². The van der Waals surface area contributed by atoms with E-state index >= 15 is 0 Å². The highest BCUT2D eigenvalue weighted by atomic mass is 19.4. The van der Waals surface area contributed by atoms with E-state index in [-0.39, 0.29) is 0 Å². The van der Waals surface area contributed by atoms with Crippen LogP contribution in [0, 0.1) is 0 Å². The van der Waals surface area contributed by atoms with Crippen LogP contribution in [-0.2, 0) is 9.53 Å². The molecule has 0 radical (unpaired) electrons. The van der Waals surface area contributed by atoms with E-state index in [1.807, 2.05) is 0 Å². The van der Waals surface area contributed by atoms with Crippen LogP contribution in [0.4, 0.5) is 105 Å². The second-order valence-corrected chi connectivity index (χ2v) is 9.20. The van der Waals surface area contributed by atoms with Crippen LogP contribution in [0.2, 0.25) is 0 Å². The van der Waals surface area contributed by atoms with Crippen molar-refractivity contribution >= 4 is 5.97 Å². The molecule has 0 saturated carbocycles. The summed E-state index contributed by atoms with van der Waals surface area (Å²) in [6.45, 7) is 1.57. The number of halogens is 24. The number of hydrogen-bond donors (Lipinski definition) is 0. The summed E-state index contributed by atoms with van der Waals surface area (Å²) in [5, 5.41) is 0. The minimum Gasteiger partial charge on any atom is -0.455 e. The Morgan fingerprint density at radius 2 is 0.698 bits per heavy atom. The first-order chi connectivity index (χ1) is 18.0. The molecule has 0 bridgehead atoms. The van der Waals surface area contributed by atoms with Crippen LogP contribution in [0.25, 0.3) is 0 Å². The number of esters is 1. The number of alkyl halides is 24. The van der Waals surface area contributed by atoms with E-state index in [2.05, 4.69) is 4.74 Å². The highest BCUT2D eigenvalue weighted by molar-refractivity contribution is 5.79. The third-order valence-electron chi connectivity index (χ3n) is 4.85. The Labute approximate surface area is 220 Å². The molecule has 0 saturated heterocycles. The largest absolute Gasteiger partial charge is 0.460 e. The molecular weight excluding hydrogens is 692 g/mol. The maximum Gasteiger partial charge on any atom is 0.460 e. The van der Waals surface area contributed by atoms with E-state index in [0.717, 1.165) is 0 Å². The third kappa shape index (κ3) is 5.48. The van der Waals surface area contributed by atoms with Crippen molar-refractivity contribution in [2.45, 2.75) is 97.9 Å². The minimum absolute atomic E-state index is 0.524. The average Bonchev–Trinajstić information content (AvgIpc) is 2.75. The lowest BCUT2D eigenvalue weighted by Gasteiger charge is -2.44. The molecule has 0 heterocycles. The van der Waals surface area contributed by atoms with Gasteiger partial charge in [-0.15, -0.1) is 0 Å². The highest BCUT2D eigenvalue weighted by Crippen LogP contribution is 2.65. The summed E-state index contributed by atoms with van der Waals surface area (Å²) in [5.74, 6) is -91.5. The van der Waals surface area contributed by atoms with E-state index in [1.165, 1.54) is 0 Å². The molecule has 1 unspecified atom stereocenters. The Morgan fingerprint density at radius 1 is 0.442 bits per heavy atom. The first-order valence-electron chi connectivity index (χ1n) is 9.75. The van der Waals surface area contributed by atoms with Crippen LogP contribution >= 0.6 is 0 Å². The van der Waals surface area contributed by atoms with Gasteiger partial charge in [-0.2, -0.15) is 101 Å². The molecule has 0 aromatic carbocycles. The zero-order valence-electron chi connectivity index (χ0n) is 20.0. The van der Waals surface area contributed by atoms with Gasteiger partial charge in [-0.05, 0) is 20.8 Å². The first kappa shape index (κ1) is 40.8. The van der Waals surface area contributed by atoms with Gasteiger partial charge in [-0.1, -0.05) is 0 Å². The first-order valence-corrected chi connectivity index (χ1v) is 9.75. The number of hydrogen-bond acceptors (Lipinski definition) is 2. The standard InChI is InChI=1S/C17H10F24O2/c1-6(2,3)43-5(42)9(23,24)10(25,26)7(19,20)4(18)8(21,22)11(27,28)12(29,30)13(31,32)14(33,34)15(35,36)16(37,38)17(39,40)41/h4H,1-3H3. The second-order valence-electron chi connectivity index (χ2n) is 9.20. The summed E-state index contributed by atoms with van der Waals surface area (Å²) in [6.07, 6.45) is -15.6. The van der Waals surface area contributed by atoms with Crippen LogP contribution in [0.5, 0.6) is 0 Å². The van der Waals surface area contributed by atoms with E-state index in [4.69, 9.17) is 0 Å². The average molecular weight is 702 g/mol. The van der Waals surface area contributed by atoms with Crippen LogP contribution in [-0.4, -0.2) is 83.1 Å². The molecule has 43 heavy (non-hydrogen) atoms. The van der Waals surface area contributed by atoms with Gasteiger partial charge in [0, 0.05) is 0 Å². The predicted octanol–water partition coefficient (Wildman–Crippen LogP) is 8.58. The monoisotopic (exact) mass is 702 g/mol. The molecule has 0 fully saturated rings. The number of carbonyl (C=O) groups is 1. The summed E-state index contributed by atoms with van der Waals surface area (Å²) in [4.78, 5) is 11.1. The molecule has 0 N–H and O–H groups in total. The van der Waals surface area contributed by atoms with Gasteiger partial charge in [0.25, 0.3) is 0 Å². The lowest BCUT2D eigenvalue weighted by Crippen LogP contribution is -2.76. The molecule has 0 amide bonds. The zero-order chi connectivity index (χ0) is 35.9. The quantitative estimate of drug-likeness (QED) is 0.159. The molecule has 0 rings (SSSR count). The van der Waals surface area contributed by atoms with Gasteiger partial charge in [-0.25, -0.2) is 9.18 Å². The minimum atomic E-state index is -9.40. The molecular formula is C17H10F24O2. The van der Waals surface area contributed by atoms with Crippen LogP contribution in [0.3, 0.4) is 0 Å². The topological polar surface area (TPSA) is 26.3 Å². The molecule has 0 aromatic heterocycles. The van der Waals surface area contributed by atoms with Gasteiger partial charge < -0.3 is 4.74 Å². The predicted molar refractivity (Wildman–Crippen MR) is 86.3 cm³/mol. The van der Waals surface area contributed by atoms with Gasteiger partial charge in [0.15, 0.2) is 0 Å². The molecule has 0 aliphatic heterocycles. The second kappa shape index (κ2) is 10.2. The summed E-state index contributed by atoms with van der Waals surface area (Å²) in [7, 11) is 0. The summed E-state index contributed by atoms with van der Waals surface area (Å²) in [6, 6.07) is 0. The Morgan fingerprint density at radius 3 is 0.977 bits per heavy atom. The number of rotatable bonds is 11. The number of ether oxygens (including phenoxy) is 1. The van der Waals surface area contributed by atoms with Crippen molar-refractivity contribution in [2.75, 3.05) is 0 Å². The van der Waals surface area contributed by atoms with E-state index in [9.17, 15) is 110 Å². The summed E-state index contributed by atoms with van der Waals surface area (Å²) in [5.41, 5.74) is -2.37. The number of carbonyl (C=O) groups excluding carboxylic acids is 1. The fourth-order valence-electron chi connectivity index (χ4n) is 2.40. The Bertz CT molecular complexity index is 1030. The van der Waals surface area contributed by atoms with Crippen LogP contribution in [0.15, 0.2) is 0 Å². The fourth-order valence-corrected chi connectivity index (χ4v) is 2.40. The van der Waals surface area contributed by atoms with E-state index in [0.29, 0.717) is 20.8 Å². The maximum atomic E-state index is 13.8. The van der Waals surface area contributed by atoms with Crippen molar-refractivity contribution in [3.05, 3.63) is 0 Å². The van der Waals surface area contributed by atoms with Crippen molar-refractivity contribution in [1.82, 2.24) is 0 Å². The van der Waals surface area contributed by atoms with E-state index in [1.54, 1.807) is 0 Å². The normalized spacial score (nSPS) is 17.2. The fraction of sp³-hybridized carbons (Fsp3) is 0.941. The molecule has 1 atom stereocenters. The molecule has 26 heteroatoms. The molecule has 0 aliphatic carbocycles. The van der Waals surface area contributed by atoms with Crippen molar-refractivity contribution in [1.29, 1.82) is 0 Å². The highest BCUT2D eigenvalue weighted by Gasteiger charge is 2.97. The lowest BCUT2D eigenvalue weighted by atomic mass is 9.85. The SMILES string of the molecule is CC(C)(C)OC(=O)C(F)(F)C(F)(F)C(F)(F)C(F)C(F)(F)C(F)(F)C(F)(F)C(F)(F)C(F)(F)C(F)(F)C(F)(F)C(F)(F)F. The Balaban J connectivity index is 7.14. The van der Waals surface area contributed by atoms with Gasteiger partial charge in [0.2, 0.25) is 6.17 Å². The van der Waals surface area contributed by atoms with Crippen molar-refractivity contribution in [3.63, 3.8) is 0 Å². The van der Waals surface area contributed by atoms with E-state index < -0.39 is 83.1 Å². The van der Waals surface area contributed by atoms with Gasteiger partial charge in [0.05, 0.1) is 0 Å². The van der Waals surface area contributed by atoms with Crippen molar-refractivity contribution in [3.8, 4) is 0 Å². The van der Waals surface area contributed by atoms with Crippen molar-refractivity contribution < 1.29 is 115 Å². The van der Waals surface area contributed by atoms with Gasteiger partial charge in [0.1, 0.15) is 5.60 Å². The van der Waals surface area contributed by atoms with Gasteiger partial charge >= 0.3 is 71.4 Å². The summed E-state index contributed by atoms with van der Waals surface area (Å²) < 4.78 is 323. The molecule has 0 aliphatic rings. The third-order valence-corrected chi connectivity index (χ3v) is 4.85. The molecule has 258 valence electrons. The Hall–Kier alpha value is -2.21. The Kier molecular flexibility index (Phi) is 9.63. The molecule has 0 spiro atoms. The lowest BCUT2D eigenvalue weighted by molar-refractivity contribution is -0.466. The maximum absolute atomic E-state index is 13.8. The molecule has 0 aromatic rings.